The summed E-state index contributed by atoms with van der Waals surface area (Å²) in [6.45, 7) is 4.01. The second-order valence-electron chi connectivity index (χ2n) is 6.83. The number of nitrogens with one attached hydrogen (secondary N) is 1. The van der Waals surface area contributed by atoms with E-state index in [-0.39, 0.29) is 17.6 Å². The van der Waals surface area contributed by atoms with E-state index in [2.05, 4.69) is 15.3 Å². The number of carbonyl (C=O) groups is 1. The van der Waals surface area contributed by atoms with E-state index in [0.29, 0.717) is 18.8 Å². The first-order valence-electron chi connectivity index (χ1n) is 9.27. The van der Waals surface area contributed by atoms with Crippen molar-refractivity contribution in [3.63, 3.8) is 0 Å². The lowest BCUT2D eigenvalue weighted by atomic mass is 9.90. The van der Waals surface area contributed by atoms with E-state index in [1.807, 2.05) is 11.8 Å². The van der Waals surface area contributed by atoms with Gasteiger partial charge in [0.2, 0.25) is 0 Å². The standard InChI is InChI=1S/C20H22FN5O/c1-2-26-18(9-10-23-26)20(27)25-11-3-4-15(13-25)19-17(12-22-24-19)14-5-7-16(21)8-6-14/h5-10,12,15H,2-4,11,13H2,1H3,(H,22,24)/t15-/m0/s1. The summed E-state index contributed by atoms with van der Waals surface area (Å²) in [7, 11) is 0. The minimum atomic E-state index is -0.259. The van der Waals surface area contributed by atoms with E-state index in [1.54, 1.807) is 35.3 Å². The van der Waals surface area contributed by atoms with Crippen LogP contribution in [0.25, 0.3) is 11.1 Å². The number of carbonyl (C=O) groups excluding carboxylic acids is 1. The van der Waals surface area contributed by atoms with Gasteiger partial charge in [-0.25, -0.2) is 4.39 Å². The summed E-state index contributed by atoms with van der Waals surface area (Å²) < 4.78 is 15.0. The van der Waals surface area contributed by atoms with Crippen LogP contribution in [0.2, 0.25) is 0 Å². The number of halogens is 1. The Labute approximate surface area is 157 Å². The minimum absolute atomic E-state index is 0.0156. The average molecular weight is 367 g/mol. The van der Waals surface area contributed by atoms with E-state index in [1.165, 1.54) is 12.1 Å². The maximum atomic E-state index is 13.2. The summed E-state index contributed by atoms with van der Waals surface area (Å²) in [5.41, 5.74) is 3.52. The van der Waals surface area contributed by atoms with Crippen LogP contribution in [0.4, 0.5) is 4.39 Å². The van der Waals surface area contributed by atoms with Gasteiger partial charge >= 0.3 is 0 Å². The number of aromatic nitrogens is 4. The van der Waals surface area contributed by atoms with Gasteiger partial charge in [-0.2, -0.15) is 10.2 Å². The second-order valence-corrected chi connectivity index (χ2v) is 6.83. The number of aromatic amines is 1. The van der Waals surface area contributed by atoms with E-state index in [4.69, 9.17) is 0 Å². The van der Waals surface area contributed by atoms with Crippen LogP contribution in [-0.2, 0) is 6.54 Å². The molecule has 140 valence electrons. The highest BCUT2D eigenvalue weighted by atomic mass is 19.1. The first-order chi connectivity index (χ1) is 13.2. The molecule has 1 saturated heterocycles. The number of H-pyrrole nitrogens is 1. The van der Waals surface area contributed by atoms with Crippen molar-refractivity contribution in [2.45, 2.75) is 32.2 Å². The van der Waals surface area contributed by atoms with E-state index < -0.39 is 0 Å². The molecule has 3 aromatic rings. The third-order valence-corrected chi connectivity index (χ3v) is 5.18. The smallest absolute Gasteiger partial charge is 0.272 e. The highest BCUT2D eigenvalue weighted by molar-refractivity contribution is 5.92. The normalized spacial score (nSPS) is 17.3. The molecule has 3 heterocycles. The maximum Gasteiger partial charge on any atom is 0.272 e. The maximum absolute atomic E-state index is 13.2. The second kappa shape index (κ2) is 7.34. The number of amides is 1. The Bertz CT molecular complexity index is 930. The number of hydrogen-bond donors (Lipinski definition) is 1. The Kier molecular flexibility index (Phi) is 4.75. The van der Waals surface area contributed by atoms with Crippen molar-refractivity contribution in [3.8, 4) is 11.1 Å². The fourth-order valence-electron chi connectivity index (χ4n) is 3.79. The van der Waals surface area contributed by atoms with Gasteiger partial charge in [-0.1, -0.05) is 12.1 Å². The Morgan fingerprint density at radius 2 is 2.11 bits per heavy atom. The average Bonchev–Trinajstić information content (AvgIpc) is 3.37. The van der Waals surface area contributed by atoms with Gasteiger partial charge in [0.1, 0.15) is 11.5 Å². The number of piperidine rings is 1. The number of hydrogen-bond acceptors (Lipinski definition) is 3. The van der Waals surface area contributed by atoms with Crippen molar-refractivity contribution in [2.75, 3.05) is 13.1 Å². The predicted octanol–water partition coefficient (Wildman–Crippen LogP) is 3.45. The van der Waals surface area contributed by atoms with Crippen molar-refractivity contribution >= 4 is 5.91 Å². The molecule has 7 heteroatoms. The third-order valence-electron chi connectivity index (χ3n) is 5.18. The first-order valence-corrected chi connectivity index (χ1v) is 9.27. The highest BCUT2D eigenvalue weighted by Gasteiger charge is 2.29. The summed E-state index contributed by atoms with van der Waals surface area (Å²) in [5.74, 6) is -0.0732. The zero-order chi connectivity index (χ0) is 18.8. The van der Waals surface area contributed by atoms with Crippen molar-refractivity contribution in [1.82, 2.24) is 24.9 Å². The third kappa shape index (κ3) is 3.37. The Hall–Kier alpha value is -2.96. The van der Waals surface area contributed by atoms with Gasteiger partial charge in [-0.15, -0.1) is 0 Å². The number of benzene rings is 1. The molecule has 1 N–H and O–H groups in total. The molecule has 0 radical (unpaired) electrons. The molecule has 0 bridgehead atoms. The van der Waals surface area contributed by atoms with Gasteiger partial charge in [-0.05, 0) is 43.5 Å². The summed E-state index contributed by atoms with van der Waals surface area (Å²) in [4.78, 5) is 14.8. The molecular formula is C20H22FN5O. The Morgan fingerprint density at radius 1 is 1.30 bits per heavy atom. The summed E-state index contributed by atoms with van der Waals surface area (Å²) >= 11 is 0. The quantitative estimate of drug-likeness (QED) is 0.768. The van der Waals surface area contributed by atoms with Crippen LogP contribution >= 0.6 is 0 Å². The number of aryl methyl sites for hydroxylation is 1. The van der Waals surface area contributed by atoms with Gasteiger partial charge in [-0.3, -0.25) is 14.6 Å². The van der Waals surface area contributed by atoms with Crippen LogP contribution in [0, 0.1) is 5.82 Å². The predicted molar refractivity (Wildman–Crippen MR) is 99.8 cm³/mol. The molecule has 1 aliphatic heterocycles. The molecule has 1 amide bonds. The molecule has 0 unspecified atom stereocenters. The zero-order valence-electron chi connectivity index (χ0n) is 15.2. The molecule has 2 aromatic heterocycles. The molecule has 0 aliphatic carbocycles. The number of nitrogens with zero attached hydrogens (tertiary/aromatic N) is 4. The summed E-state index contributed by atoms with van der Waals surface area (Å²) in [5, 5.41) is 11.5. The summed E-state index contributed by atoms with van der Waals surface area (Å²) in [6.07, 6.45) is 5.35. The monoisotopic (exact) mass is 367 g/mol. The molecule has 4 rings (SSSR count). The molecule has 1 atom stereocenters. The van der Waals surface area contributed by atoms with Crippen molar-refractivity contribution in [3.05, 3.63) is 59.9 Å². The van der Waals surface area contributed by atoms with Crippen LogP contribution in [0.15, 0.2) is 42.7 Å². The van der Waals surface area contributed by atoms with Gasteiger partial charge in [0, 0.05) is 43.0 Å². The molecule has 6 nitrogen and oxygen atoms in total. The fraction of sp³-hybridized carbons (Fsp3) is 0.350. The van der Waals surface area contributed by atoms with Crippen LogP contribution in [0.3, 0.4) is 0 Å². The largest absolute Gasteiger partial charge is 0.337 e. The molecule has 0 saturated carbocycles. The van der Waals surface area contributed by atoms with Crippen LogP contribution in [-0.4, -0.2) is 43.9 Å². The van der Waals surface area contributed by atoms with Crippen LogP contribution in [0.1, 0.15) is 41.9 Å². The SMILES string of the molecule is CCn1nccc1C(=O)N1CCC[C@H](c2[nH]ncc2-c2ccc(F)cc2)C1. The van der Waals surface area contributed by atoms with Crippen molar-refractivity contribution in [2.24, 2.45) is 0 Å². The van der Waals surface area contributed by atoms with E-state index in [9.17, 15) is 9.18 Å². The molecular weight excluding hydrogens is 345 g/mol. The molecule has 1 aromatic carbocycles. The lowest BCUT2D eigenvalue weighted by molar-refractivity contribution is 0.0693. The molecule has 1 aliphatic rings. The number of rotatable bonds is 4. The lowest BCUT2D eigenvalue weighted by Crippen LogP contribution is -2.40. The van der Waals surface area contributed by atoms with Gasteiger partial charge in [0.25, 0.3) is 5.91 Å². The zero-order valence-corrected chi connectivity index (χ0v) is 15.2. The van der Waals surface area contributed by atoms with E-state index >= 15 is 0 Å². The Morgan fingerprint density at radius 3 is 2.89 bits per heavy atom. The van der Waals surface area contributed by atoms with Crippen molar-refractivity contribution in [1.29, 1.82) is 0 Å². The van der Waals surface area contributed by atoms with Crippen LogP contribution < -0.4 is 0 Å². The van der Waals surface area contributed by atoms with Crippen LogP contribution in [0.5, 0.6) is 0 Å². The fourth-order valence-corrected chi connectivity index (χ4v) is 3.79. The topological polar surface area (TPSA) is 66.8 Å². The molecule has 27 heavy (non-hydrogen) atoms. The van der Waals surface area contributed by atoms with E-state index in [0.717, 1.165) is 36.2 Å². The molecule has 1 fully saturated rings. The minimum Gasteiger partial charge on any atom is -0.337 e. The van der Waals surface area contributed by atoms with Crippen molar-refractivity contribution < 1.29 is 9.18 Å². The molecule has 0 spiro atoms. The number of likely N-dealkylation sites (tertiary alicyclic amines) is 1. The first kappa shape index (κ1) is 17.5. The van der Waals surface area contributed by atoms with Gasteiger partial charge in [0.15, 0.2) is 0 Å². The highest BCUT2D eigenvalue weighted by Crippen LogP contribution is 2.33. The summed E-state index contributed by atoms with van der Waals surface area (Å²) in [6, 6.07) is 8.20. The van der Waals surface area contributed by atoms with Gasteiger partial charge in [0.05, 0.1) is 6.20 Å². The Balaban J connectivity index is 1.57. The van der Waals surface area contributed by atoms with Gasteiger partial charge < -0.3 is 4.90 Å². The lowest BCUT2D eigenvalue weighted by Gasteiger charge is -2.32.